The second-order valence-electron chi connectivity index (χ2n) is 3.85. The molecule has 1 heterocycles. The molecule has 18 heavy (non-hydrogen) atoms. The Morgan fingerprint density at radius 2 is 2.33 bits per heavy atom. The zero-order valence-electron chi connectivity index (χ0n) is 9.58. The Balaban J connectivity index is 2.12. The third kappa shape index (κ3) is 2.68. The minimum Gasteiger partial charge on any atom is -0.345 e. The molecule has 1 atom stereocenters. The van der Waals surface area contributed by atoms with Gasteiger partial charge < -0.3 is 5.32 Å². The summed E-state index contributed by atoms with van der Waals surface area (Å²) in [5.41, 5.74) is 0.785. The molecule has 1 aromatic carbocycles. The number of aromatic amines is 1. The molecule has 2 N–H and O–H groups in total. The topological polar surface area (TPSA) is 57.8 Å². The van der Waals surface area contributed by atoms with Gasteiger partial charge in [0.2, 0.25) is 0 Å². The Morgan fingerprint density at radius 1 is 1.56 bits per heavy atom. The number of benzene rings is 1. The summed E-state index contributed by atoms with van der Waals surface area (Å²) in [5, 5.41) is 9.37. The smallest absolute Gasteiger partial charge is 0.254 e. The summed E-state index contributed by atoms with van der Waals surface area (Å²) < 4.78 is 13.5. The van der Waals surface area contributed by atoms with Crippen LogP contribution < -0.4 is 5.32 Å². The van der Waals surface area contributed by atoms with Gasteiger partial charge in [-0.15, -0.1) is 0 Å². The van der Waals surface area contributed by atoms with E-state index in [4.69, 9.17) is 11.6 Å². The standard InChI is InChI=1S/C12H11ClFN3O/c1-7(8-5-15-16-6-8)17-12(18)10-3-2-9(13)4-11(10)14/h2-7H,1H3,(H,15,16)(H,17,18). The first kappa shape index (κ1) is 12.6. The summed E-state index contributed by atoms with van der Waals surface area (Å²) in [6.07, 6.45) is 3.27. The first-order valence-electron chi connectivity index (χ1n) is 5.32. The first-order chi connectivity index (χ1) is 8.58. The van der Waals surface area contributed by atoms with Crippen LogP contribution in [0.5, 0.6) is 0 Å². The van der Waals surface area contributed by atoms with E-state index in [9.17, 15) is 9.18 Å². The Labute approximate surface area is 108 Å². The highest BCUT2D eigenvalue weighted by Crippen LogP contribution is 2.16. The minimum atomic E-state index is -0.639. The molecule has 0 aliphatic rings. The van der Waals surface area contributed by atoms with E-state index in [1.807, 2.05) is 0 Å². The summed E-state index contributed by atoms with van der Waals surface area (Å²) in [4.78, 5) is 11.9. The monoisotopic (exact) mass is 267 g/mol. The van der Waals surface area contributed by atoms with Crippen molar-refractivity contribution in [2.45, 2.75) is 13.0 Å². The molecule has 94 valence electrons. The third-order valence-electron chi connectivity index (χ3n) is 2.54. The van der Waals surface area contributed by atoms with Crippen LogP contribution in [-0.2, 0) is 0 Å². The summed E-state index contributed by atoms with van der Waals surface area (Å²) in [6.45, 7) is 1.79. The molecule has 0 saturated heterocycles. The van der Waals surface area contributed by atoms with Crippen LogP contribution in [0.15, 0.2) is 30.6 Å². The predicted octanol–water partition coefficient (Wildman–Crippen LogP) is 2.69. The van der Waals surface area contributed by atoms with Gasteiger partial charge in [-0.05, 0) is 25.1 Å². The summed E-state index contributed by atoms with van der Waals surface area (Å²) in [5.74, 6) is -1.13. The molecule has 0 spiro atoms. The van der Waals surface area contributed by atoms with E-state index in [0.717, 1.165) is 11.6 Å². The number of carbonyl (C=O) groups excluding carboxylic acids is 1. The van der Waals surface area contributed by atoms with Crippen molar-refractivity contribution in [1.29, 1.82) is 0 Å². The first-order valence-corrected chi connectivity index (χ1v) is 5.70. The van der Waals surface area contributed by atoms with Crippen molar-refractivity contribution in [3.05, 3.63) is 52.6 Å². The van der Waals surface area contributed by atoms with Gasteiger partial charge in [0.25, 0.3) is 5.91 Å². The average Bonchev–Trinajstić information content (AvgIpc) is 2.81. The molecule has 0 fully saturated rings. The predicted molar refractivity (Wildman–Crippen MR) is 65.9 cm³/mol. The third-order valence-corrected chi connectivity index (χ3v) is 2.78. The van der Waals surface area contributed by atoms with Crippen molar-refractivity contribution in [1.82, 2.24) is 15.5 Å². The highest BCUT2D eigenvalue weighted by atomic mass is 35.5. The van der Waals surface area contributed by atoms with Gasteiger partial charge in [-0.3, -0.25) is 9.89 Å². The zero-order valence-corrected chi connectivity index (χ0v) is 10.3. The highest BCUT2D eigenvalue weighted by molar-refractivity contribution is 6.30. The van der Waals surface area contributed by atoms with E-state index in [-0.39, 0.29) is 16.6 Å². The molecular formula is C12H11ClFN3O. The number of H-pyrrole nitrogens is 1. The fourth-order valence-corrected chi connectivity index (χ4v) is 1.69. The van der Waals surface area contributed by atoms with Crippen LogP contribution in [0, 0.1) is 5.82 Å². The van der Waals surface area contributed by atoms with Crippen molar-refractivity contribution >= 4 is 17.5 Å². The maximum atomic E-state index is 13.5. The Bertz CT molecular complexity index is 556. The average molecular weight is 268 g/mol. The van der Waals surface area contributed by atoms with Crippen LogP contribution in [0.3, 0.4) is 0 Å². The van der Waals surface area contributed by atoms with Crippen LogP contribution in [0.4, 0.5) is 4.39 Å². The molecule has 0 radical (unpaired) electrons. The van der Waals surface area contributed by atoms with Gasteiger partial charge in [0.15, 0.2) is 0 Å². The maximum absolute atomic E-state index is 13.5. The second kappa shape index (κ2) is 5.18. The molecule has 0 aliphatic carbocycles. The molecule has 0 bridgehead atoms. The molecule has 6 heteroatoms. The Morgan fingerprint density at radius 3 is 2.94 bits per heavy atom. The van der Waals surface area contributed by atoms with E-state index >= 15 is 0 Å². The molecule has 0 saturated carbocycles. The van der Waals surface area contributed by atoms with E-state index in [1.165, 1.54) is 12.1 Å². The summed E-state index contributed by atoms with van der Waals surface area (Å²) >= 11 is 5.62. The quantitative estimate of drug-likeness (QED) is 0.898. The maximum Gasteiger partial charge on any atom is 0.254 e. The van der Waals surface area contributed by atoms with Crippen molar-refractivity contribution in [3.63, 3.8) is 0 Å². The number of nitrogens with zero attached hydrogens (tertiary/aromatic N) is 1. The number of aromatic nitrogens is 2. The summed E-state index contributed by atoms with van der Waals surface area (Å²) in [6, 6.07) is 3.68. The lowest BCUT2D eigenvalue weighted by Crippen LogP contribution is -2.27. The van der Waals surface area contributed by atoms with Gasteiger partial charge in [0.05, 0.1) is 17.8 Å². The lowest BCUT2D eigenvalue weighted by Gasteiger charge is -2.12. The molecule has 1 unspecified atom stereocenters. The van der Waals surface area contributed by atoms with Crippen LogP contribution >= 0.6 is 11.6 Å². The molecule has 2 aromatic rings. The normalized spacial score (nSPS) is 12.2. The zero-order chi connectivity index (χ0) is 13.1. The molecular weight excluding hydrogens is 257 g/mol. The van der Waals surface area contributed by atoms with E-state index in [2.05, 4.69) is 15.5 Å². The number of hydrogen-bond acceptors (Lipinski definition) is 2. The number of hydrogen-bond donors (Lipinski definition) is 2. The van der Waals surface area contributed by atoms with E-state index in [1.54, 1.807) is 19.3 Å². The van der Waals surface area contributed by atoms with E-state index in [0.29, 0.717) is 0 Å². The molecule has 1 amide bonds. The number of halogens is 2. The number of amides is 1. The highest BCUT2D eigenvalue weighted by Gasteiger charge is 2.15. The minimum absolute atomic E-state index is 0.0326. The molecule has 1 aromatic heterocycles. The van der Waals surface area contributed by atoms with Crippen LogP contribution in [0.1, 0.15) is 28.9 Å². The van der Waals surface area contributed by atoms with Crippen molar-refractivity contribution in [2.75, 3.05) is 0 Å². The van der Waals surface area contributed by atoms with E-state index < -0.39 is 11.7 Å². The number of nitrogens with one attached hydrogen (secondary N) is 2. The SMILES string of the molecule is CC(NC(=O)c1ccc(Cl)cc1F)c1cn[nH]c1. The fraction of sp³-hybridized carbons (Fsp3) is 0.167. The lowest BCUT2D eigenvalue weighted by molar-refractivity contribution is 0.0936. The van der Waals surface area contributed by atoms with Gasteiger partial charge in [-0.1, -0.05) is 11.6 Å². The number of carbonyl (C=O) groups is 1. The molecule has 2 rings (SSSR count). The van der Waals surface area contributed by atoms with Gasteiger partial charge in [0.1, 0.15) is 5.82 Å². The van der Waals surface area contributed by atoms with Gasteiger partial charge >= 0.3 is 0 Å². The van der Waals surface area contributed by atoms with Gasteiger partial charge in [0, 0.05) is 16.8 Å². The van der Waals surface area contributed by atoms with Crippen LogP contribution in [-0.4, -0.2) is 16.1 Å². The van der Waals surface area contributed by atoms with Crippen molar-refractivity contribution < 1.29 is 9.18 Å². The van der Waals surface area contributed by atoms with Gasteiger partial charge in [-0.2, -0.15) is 5.10 Å². The second-order valence-corrected chi connectivity index (χ2v) is 4.29. The molecule has 4 nitrogen and oxygen atoms in total. The molecule has 0 aliphatic heterocycles. The fourth-order valence-electron chi connectivity index (χ4n) is 1.53. The lowest BCUT2D eigenvalue weighted by atomic mass is 10.1. The van der Waals surface area contributed by atoms with Crippen molar-refractivity contribution in [3.8, 4) is 0 Å². The number of rotatable bonds is 3. The Kier molecular flexibility index (Phi) is 3.62. The van der Waals surface area contributed by atoms with Crippen LogP contribution in [0.25, 0.3) is 0 Å². The Hall–Kier alpha value is -1.88. The largest absolute Gasteiger partial charge is 0.345 e. The van der Waals surface area contributed by atoms with Crippen LogP contribution in [0.2, 0.25) is 5.02 Å². The van der Waals surface area contributed by atoms with Gasteiger partial charge in [-0.25, -0.2) is 4.39 Å². The summed E-state index contributed by atoms with van der Waals surface area (Å²) in [7, 11) is 0. The van der Waals surface area contributed by atoms with Crippen molar-refractivity contribution in [2.24, 2.45) is 0 Å².